The minimum atomic E-state index is 0.229. The fraction of sp³-hybridized carbons (Fsp3) is 0.269. The fourth-order valence-corrected chi connectivity index (χ4v) is 4.52. The zero-order valence-electron chi connectivity index (χ0n) is 18.7. The third-order valence-corrected chi connectivity index (χ3v) is 6.30. The molecule has 7 nitrogen and oxygen atoms in total. The minimum Gasteiger partial charge on any atom is -0.508 e. The van der Waals surface area contributed by atoms with Crippen LogP contribution < -0.4 is 11.1 Å². The molecule has 33 heavy (non-hydrogen) atoms. The summed E-state index contributed by atoms with van der Waals surface area (Å²) in [6.07, 6.45) is 12.9. The van der Waals surface area contributed by atoms with E-state index in [1.165, 1.54) is 12.8 Å². The van der Waals surface area contributed by atoms with E-state index in [2.05, 4.69) is 21.5 Å². The van der Waals surface area contributed by atoms with Crippen LogP contribution in [0.2, 0.25) is 0 Å². The number of aliphatic imine (C=N–C) groups is 1. The van der Waals surface area contributed by atoms with Gasteiger partial charge in [0.2, 0.25) is 0 Å². The van der Waals surface area contributed by atoms with Crippen molar-refractivity contribution in [3.8, 4) is 16.9 Å². The Kier molecular flexibility index (Phi) is 5.69. The van der Waals surface area contributed by atoms with Gasteiger partial charge in [0, 0.05) is 35.8 Å². The number of nitrogens with one attached hydrogen (secondary N) is 1. The van der Waals surface area contributed by atoms with E-state index in [1.54, 1.807) is 30.6 Å². The number of rotatable bonds is 6. The highest BCUT2D eigenvalue weighted by atomic mass is 16.3. The monoisotopic (exact) mass is 440 g/mol. The van der Waals surface area contributed by atoms with Crippen LogP contribution in [0, 0.1) is 0 Å². The second-order valence-electron chi connectivity index (χ2n) is 8.52. The normalized spacial score (nSPS) is 14.8. The lowest BCUT2D eigenvalue weighted by Gasteiger charge is -2.18. The van der Waals surface area contributed by atoms with Crippen LogP contribution >= 0.6 is 0 Å². The Morgan fingerprint density at radius 2 is 2.03 bits per heavy atom. The van der Waals surface area contributed by atoms with E-state index in [0.717, 1.165) is 58.4 Å². The highest BCUT2D eigenvalue weighted by Crippen LogP contribution is 2.32. The number of fused-ring (bicyclic) bond motifs is 1. The Labute approximate surface area is 193 Å². The third kappa shape index (κ3) is 4.26. The summed E-state index contributed by atoms with van der Waals surface area (Å²) in [6, 6.07) is 11.7. The Bertz CT molecular complexity index is 1310. The predicted octanol–water partition coefficient (Wildman–Crippen LogP) is 5.06. The standard InChI is InChI=1S/C26H28N6O/c1-2-17-12-21(33)9-10-23(17)31-26(27)22-15-29-32-16-19(18-6-5-11-28-14-18)13-24(32)25(22)30-20-7-3-4-8-20/h5-6,9-16,20,30,33H,2-4,7-8H2,1H3,(H2,27,31). The van der Waals surface area contributed by atoms with Gasteiger partial charge in [-0.2, -0.15) is 5.10 Å². The fourth-order valence-electron chi connectivity index (χ4n) is 4.52. The Morgan fingerprint density at radius 3 is 2.79 bits per heavy atom. The molecule has 0 radical (unpaired) electrons. The average molecular weight is 441 g/mol. The number of pyridine rings is 1. The summed E-state index contributed by atoms with van der Waals surface area (Å²) in [4.78, 5) is 8.98. The van der Waals surface area contributed by atoms with E-state index >= 15 is 0 Å². The molecule has 1 fully saturated rings. The van der Waals surface area contributed by atoms with E-state index in [9.17, 15) is 5.11 Å². The van der Waals surface area contributed by atoms with Crippen LogP contribution in [0.1, 0.15) is 43.7 Å². The molecule has 5 rings (SSSR count). The number of benzene rings is 1. The van der Waals surface area contributed by atoms with Crippen LogP contribution in [-0.4, -0.2) is 31.6 Å². The molecule has 0 spiro atoms. The molecule has 7 heteroatoms. The first-order chi connectivity index (χ1) is 16.1. The molecule has 0 saturated heterocycles. The van der Waals surface area contributed by atoms with Crippen LogP contribution in [0.15, 0.2) is 66.2 Å². The van der Waals surface area contributed by atoms with E-state index in [1.807, 2.05) is 36.0 Å². The maximum absolute atomic E-state index is 9.83. The van der Waals surface area contributed by atoms with Gasteiger partial charge in [-0.15, -0.1) is 0 Å². The molecule has 3 heterocycles. The van der Waals surface area contributed by atoms with Crippen molar-refractivity contribution in [3.05, 3.63) is 72.3 Å². The molecule has 4 aromatic rings. The van der Waals surface area contributed by atoms with Gasteiger partial charge in [-0.1, -0.05) is 25.8 Å². The van der Waals surface area contributed by atoms with Crippen molar-refractivity contribution in [3.63, 3.8) is 0 Å². The van der Waals surface area contributed by atoms with E-state index < -0.39 is 0 Å². The van der Waals surface area contributed by atoms with Gasteiger partial charge >= 0.3 is 0 Å². The van der Waals surface area contributed by atoms with Crippen molar-refractivity contribution in [1.29, 1.82) is 0 Å². The molecule has 1 aliphatic rings. The van der Waals surface area contributed by atoms with Crippen molar-refractivity contribution >= 4 is 22.7 Å². The summed E-state index contributed by atoms with van der Waals surface area (Å²) in [5.74, 6) is 0.627. The predicted molar refractivity (Wildman–Crippen MR) is 132 cm³/mol. The summed E-state index contributed by atoms with van der Waals surface area (Å²) < 4.78 is 1.88. The van der Waals surface area contributed by atoms with E-state index in [0.29, 0.717) is 11.9 Å². The van der Waals surface area contributed by atoms with E-state index in [4.69, 9.17) is 10.7 Å². The molecule has 3 aromatic heterocycles. The first-order valence-corrected chi connectivity index (χ1v) is 11.5. The summed E-state index contributed by atoms with van der Waals surface area (Å²) in [6.45, 7) is 2.03. The van der Waals surface area contributed by atoms with E-state index in [-0.39, 0.29) is 5.75 Å². The molecule has 4 N–H and O–H groups in total. The maximum atomic E-state index is 9.83. The summed E-state index contributed by atoms with van der Waals surface area (Å²) in [5, 5.41) is 18.2. The highest BCUT2D eigenvalue weighted by molar-refractivity contribution is 6.06. The number of anilines is 1. The van der Waals surface area contributed by atoms with Gasteiger partial charge < -0.3 is 16.2 Å². The second kappa shape index (κ2) is 8.94. The summed E-state index contributed by atoms with van der Waals surface area (Å²) in [5.41, 5.74) is 13.0. The minimum absolute atomic E-state index is 0.229. The summed E-state index contributed by atoms with van der Waals surface area (Å²) in [7, 11) is 0. The number of aryl methyl sites for hydroxylation is 1. The number of phenols is 1. The molecule has 168 valence electrons. The van der Waals surface area contributed by atoms with Gasteiger partial charge in [0.25, 0.3) is 0 Å². The van der Waals surface area contributed by atoms with Gasteiger partial charge in [-0.25, -0.2) is 9.51 Å². The van der Waals surface area contributed by atoms with Gasteiger partial charge in [-0.05, 0) is 55.2 Å². The Balaban J connectivity index is 1.62. The topological polar surface area (TPSA) is 101 Å². The quantitative estimate of drug-likeness (QED) is 0.287. The number of hydrogen-bond acceptors (Lipinski definition) is 5. The smallest absolute Gasteiger partial charge is 0.135 e. The van der Waals surface area contributed by atoms with Gasteiger partial charge in [-0.3, -0.25) is 4.98 Å². The highest BCUT2D eigenvalue weighted by Gasteiger charge is 2.21. The molecular formula is C26H28N6O. The first-order valence-electron chi connectivity index (χ1n) is 11.5. The van der Waals surface area contributed by atoms with Crippen LogP contribution in [-0.2, 0) is 6.42 Å². The lowest BCUT2D eigenvalue weighted by Crippen LogP contribution is -2.22. The number of phenolic OH excluding ortho intramolecular Hbond substituents is 1. The van der Waals surface area contributed by atoms with Crippen molar-refractivity contribution in [2.24, 2.45) is 10.7 Å². The molecule has 1 saturated carbocycles. The molecule has 0 aliphatic heterocycles. The Morgan fingerprint density at radius 1 is 1.18 bits per heavy atom. The number of aromatic nitrogens is 3. The number of hydrogen-bond donors (Lipinski definition) is 3. The Hall–Kier alpha value is -3.87. The number of nitrogens with zero attached hydrogens (tertiary/aromatic N) is 4. The zero-order valence-corrected chi connectivity index (χ0v) is 18.7. The molecule has 0 bridgehead atoms. The number of amidine groups is 1. The third-order valence-electron chi connectivity index (χ3n) is 6.30. The largest absolute Gasteiger partial charge is 0.508 e. The molecule has 1 aliphatic carbocycles. The van der Waals surface area contributed by atoms with Crippen LogP contribution in [0.25, 0.3) is 16.6 Å². The van der Waals surface area contributed by atoms with Crippen molar-refractivity contribution in [2.75, 3.05) is 5.32 Å². The van der Waals surface area contributed by atoms with Crippen LogP contribution in [0.5, 0.6) is 5.75 Å². The van der Waals surface area contributed by atoms with Crippen molar-refractivity contribution < 1.29 is 5.11 Å². The van der Waals surface area contributed by atoms with Crippen molar-refractivity contribution in [1.82, 2.24) is 14.6 Å². The maximum Gasteiger partial charge on any atom is 0.135 e. The molecule has 0 unspecified atom stereocenters. The lowest BCUT2D eigenvalue weighted by molar-refractivity contribution is 0.474. The second-order valence-corrected chi connectivity index (χ2v) is 8.52. The van der Waals surface area contributed by atoms with Gasteiger partial charge in [0.05, 0.1) is 28.7 Å². The first kappa shape index (κ1) is 21.0. The molecule has 0 atom stereocenters. The van der Waals surface area contributed by atoms with Crippen molar-refractivity contribution in [2.45, 2.75) is 45.1 Å². The molecule has 1 aromatic carbocycles. The van der Waals surface area contributed by atoms with Crippen LogP contribution in [0.3, 0.4) is 0 Å². The SMILES string of the molecule is CCc1cc(O)ccc1N=C(N)c1cnn2cc(-c3cccnc3)cc2c1NC1CCCC1. The molecular weight excluding hydrogens is 412 g/mol. The van der Waals surface area contributed by atoms with Gasteiger partial charge in [0.15, 0.2) is 0 Å². The lowest BCUT2D eigenvalue weighted by atomic mass is 10.1. The van der Waals surface area contributed by atoms with Crippen LogP contribution in [0.4, 0.5) is 11.4 Å². The molecule has 0 amide bonds. The zero-order chi connectivity index (χ0) is 22.8. The number of aromatic hydroxyl groups is 1. The van der Waals surface area contributed by atoms with Gasteiger partial charge in [0.1, 0.15) is 11.6 Å². The number of nitrogens with two attached hydrogens (primary N) is 1. The average Bonchev–Trinajstić information content (AvgIpc) is 3.51. The summed E-state index contributed by atoms with van der Waals surface area (Å²) >= 11 is 0.